The van der Waals surface area contributed by atoms with Crippen LogP contribution >= 0.6 is 15.9 Å². The molecule has 0 aliphatic rings. The lowest BCUT2D eigenvalue weighted by molar-refractivity contribution is -0.123. The van der Waals surface area contributed by atoms with Crippen LogP contribution in [0.2, 0.25) is 0 Å². The van der Waals surface area contributed by atoms with Crippen LogP contribution in [-0.2, 0) is 16.0 Å². The highest BCUT2D eigenvalue weighted by atomic mass is 79.9. The standard InChI is InChI=1S/C19H21BrN2O2/c1-13(2)15-6-8-17(9-7-15)22-19(24)12-21-18(23)11-14-4-3-5-16(20)10-14/h3-10,13H,11-12H2,1-2H3,(H,21,23)(H,22,24). The molecule has 126 valence electrons. The maximum absolute atomic E-state index is 11.9. The predicted octanol–water partition coefficient (Wildman–Crippen LogP) is 3.87. The zero-order valence-corrected chi connectivity index (χ0v) is 15.4. The summed E-state index contributed by atoms with van der Waals surface area (Å²) in [5.41, 5.74) is 2.84. The number of nitrogens with one attached hydrogen (secondary N) is 2. The van der Waals surface area contributed by atoms with E-state index in [1.807, 2.05) is 48.5 Å². The minimum atomic E-state index is -0.241. The van der Waals surface area contributed by atoms with E-state index >= 15 is 0 Å². The van der Waals surface area contributed by atoms with Crippen molar-refractivity contribution in [3.05, 3.63) is 64.1 Å². The summed E-state index contributed by atoms with van der Waals surface area (Å²) in [6, 6.07) is 15.3. The van der Waals surface area contributed by atoms with Gasteiger partial charge in [-0.25, -0.2) is 0 Å². The van der Waals surface area contributed by atoms with Crippen LogP contribution in [0.25, 0.3) is 0 Å². The molecule has 0 saturated heterocycles. The quantitative estimate of drug-likeness (QED) is 0.788. The van der Waals surface area contributed by atoms with E-state index in [1.165, 1.54) is 5.56 Å². The van der Waals surface area contributed by atoms with Gasteiger partial charge in [0.15, 0.2) is 0 Å². The fraction of sp³-hybridized carbons (Fsp3) is 0.263. The first-order valence-corrected chi connectivity index (χ1v) is 8.64. The number of hydrogen-bond donors (Lipinski definition) is 2. The average Bonchev–Trinajstić information content (AvgIpc) is 2.53. The second-order valence-electron chi connectivity index (χ2n) is 5.91. The third kappa shape index (κ3) is 5.81. The molecule has 2 N–H and O–H groups in total. The van der Waals surface area contributed by atoms with Crippen LogP contribution in [-0.4, -0.2) is 18.4 Å². The molecule has 24 heavy (non-hydrogen) atoms. The molecule has 0 aliphatic heterocycles. The molecule has 2 rings (SSSR count). The van der Waals surface area contributed by atoms with Gasteiger partial charge in [0.25, 0.3) is 0 Å². The van der Waals surface area contributed by atoms with Crippen molar-refractivity contribution in [1.82, 2.24) is 5.32 Å². The second kappa shape index (κ2) is 8.64. The van der Waals surface area contributed by atoms with Crippen LogP contribution in [0.5, 0.6) is 0 Å². The molecule has 0 atom stereocenters. The van der Waals surface area contributed by atoms with E-state index in [4.69, 9.17) is 0 Å². The minimum absolute atomic E-state index is 0.0429. The lowest BCUT2D eigenvalue weighted by Gasteiger charge is -2.09. The lowest BCUT2D eigenvalue weighted by Crippen LogP contribution is -2.33. The number of amides is 2. The van der Waals surface area contributed by atoms with Crippen molar-refractivity contribution in [3.63, 3.8) is 0 Å². The molecule has 4 nitrogen and oxygen atoms in total. The van der Waals surface area contributed by atoms with E-state index in [1.54, 1.807) is 0 Å². The molecule has 2 amide bonds. The Bertz CT molecular complexity index is 712. The summed E-state index contributed by atoms with van der Waals surface area (Å²) < 4.78 is 0.926. The van der Waals surface area contributed by atoms with Gasteiger partial charge in [-0.05, 0) is 41.3 Å². The van der Waals surface area contributed by atoms with Crippen LogP contribution < -0.4 is 10.6 Å². The topological polar surface area (TPSA) is 58.2 Å². The monoisotopic (exact) mass is 388 g/mol. The number of rotatable bonds is 6. The number of halogens is 1. The van der Waals surface area contributed by atoms with Crippen LogP contribution in [0.4, 0.5) is 5.69 Å². The van der Waals surface area contributed by atoms with E-state index in [0.717, 1.165) is 15.7 Å². The van der Waals surface area contributed by atoms with Gasteiger partial charge in [0.05, 0.1) is 13.0 Å². The first-order valence-electron chi connectivity index (χ1n) is 7.85. The van der Waals surface area contributed by atoms with Crippen LogP contribution in [0.15, 0.2) is 53.0 Å². The Kier molecular flexibility index (Phi) is 6.55. The van der Waals surface area contributed by atoms with Crippen molar-refractivity contribution in [3.8, 4) is 0 Å². The molecule has 0 fully saturated rings. The van der Waals surface area contributed by atoms with Gasteiger partial charge in [-0.15, -0.1) is 0 Å². The highest BCUT2D eigenvalue weighted by molar-refractivity contribution is 9.10. The maximum Gasteiger partial charge on any atom is 0.243 e. The average molecular weight is 389 g/mol. The Labute approximate surface area is 150 Å². The molecular formula is C19H21BrN2O2. The van der Waals surface area contributed by atoms with E-state index in [-0.39, 0.29) is 24.8 Å². The summed E-state index contributed by atoms with van der Waals surface area (Å²) in [7, 11) is 0. The molecule has 0 saturated carbocycles. The van der Waals surface area contributed by atoms with E-state index in [2.05, 4.69) is 40.4 Å². The number of carbonyl (C=O) groups is 2. The predicted molar refractivity (Wildman–Crippen MR) is 100 cm³/mol. The zero-order valence-electron chi connectivity index (χ0n) is 13.8. The smallest absolute Gasteiger partial charge is 0.243 e. The first kappa shape index (κ1) is 18.2. The molecule has 0 aromatic heterocycles. The van der Waals surface area contributed by atoms with E-state index in [0.29, 0.717) is 5.92 Å². The van der Waals surface area contributed by atoms with Crippen molar-refractivity contribution >= 4 is 33.4 Å². The lowest BCUT2D eigenvalue weighted by atomic mass is 10.0. The molecule has 2 aromatic rings. The van der Waals surface area contributed by atoms with Crippen molar-refractivity contribution in [2.75, 3.05) is 11.9 Å². The van der Waals surface area contributed by atoms with Gasteiger partial charge in [-0.3, -0.25) is 9.59 Å². The molecule has 0 spiro atoms. The minimum Gasteiger partial charge on any atom is -0.347 e. The van der Waals surface area contributed by atoms with Crippen LogP contribution in [0, 0.1) is 0 Å². The normalized spacial score (nSPS) is 10.5. The van der Waals surface area contributed by atoms with Crippen LogP contribution in [0.3, 0.4) is 0 Å². The van der Waals surface area contributed by atoms with Crippen molar-refractivity contribution in [2.24, 2.45) is 0 Å². The fourth-order valence-corrected chi connectivity index (χ4v) is 2.68. The zero-order chi connectivity index (χ0) is 17.5. The molecule has 0 aliphatic carbocycles. The fourth-order valence-electron chi connectivity index (χ4n) is 2.23. The Morgan fingerprint density at radius 2 is 1.75 bits per heavy atom. The van der Waals surface area contributed by atoms with Crippen LogP contribution in [0.1, 0.15) is 30.9 Å². The van der Waals surface area contributed by atoms with Gasteiger partial charge in [-0.1, -0.05) is 54.0 Å². The van der Waals surface area contributed by atoms with E-state index < -0.39 is 0 Å². The number of carbonyl (C=O) groups excluding carboxylic acids is 2. The summed E-state index contributed by atoms with van der Waals surface area (Å²) in [5, 5.41) is 5.41. The molecule has 0 heterocycles. The molecule has 0 bridgehead atoms. The second-order valence-corrected chi connectivity index (χ2v) is 6.82. The molecule has 2 aromatic carbocycles. The summed E-state index contributed by atoms with van der Waals surface area (Å²) in [5.74, 6) is 0.0281. The van der Waals surface area contributed by atoms with Crippen molar-refractivity contribution in [1.29, 1.82) is 0 Å². The molecule has 0 unspecified atom stereocenters. The molecule has 5 heteroatoms. The van der Waals surface area contributed by atoms with Gasteiger partial charge in [-0.2, -0.15) is 0 Å². The van der Waals surface area contributed by atoms with Crippen molar-refractivity contribution in [2.45, 2.75) is 26.2 Å². The Morgan fingerprint density at radius 1 is 1.04 bits per heavy atom. The third-order valence-electron chi connectivity index (χ3n) is 3.56. The van der Waals surface area contributed by atoms with Gasteiger partial charge in [0.2, 0.25) is 11.8 Å². The van der Waals surface area contributed by atoms with Crippen molar-refractivity contribution < 1.29 is 9.59 Å². The maximum atomic E-state index is 11.9. The highest BCUT2D eigenvalue weighted by Gasteiger charge is 2.07. The molecule has 0 radical (unpaired) electrons. The summed E-state index contributed by atoms with van der Waals surface area (Å²) in [6.45, 7) is 4.20. The van der Waals surface area contributed by atoms with E-state index in [9.17, 15) is 9.59 Å². The number of anilines is 1. The van der Waals surface area contributed by atoms with Gasteiger partial charge < -0.3 is 10.6 Å². The Balaban J connectivity index is 1.79. The van der Waals surface area contributed by atoms with Gasteiger partial charge in [0.1, 0.15) is 0 Å². The Morgan fingerprint density at radius 3 is 2.38 bits per heavy atom. The SMILES string of the molecule is CC(C)c1ccc(NC(=O)CNC(=O)Cc2cccc(Br)c2)cc1. The largest absolute Gasteiger partial charge is 0.347 e. The number of hydrogen-bond acceptors (Lipinski definition) is 2. The van der Waals surface area contributed by atoms with Gasteiger partial charge >= 0.3 is 0 Å². The summed E-state index contributed by atoms with van der Waals surface area (Å²) in [6.07, 6.45) is 0.246. The number of benzene rings is 2. The summed E-state index contributed by atoms with van der Waals surface area (Å²) in [4.78, 5) is 23.8. The first-order chi connectivity index (χ1) is 11.4. The summed E-state index contributed by atoms with van der Waals surface area (Å²) >= 11 is 3.37. The third-order valence-corrected chi connectivity index (χ3v) is 4.05. The van der Waals surface area contributed by atoms with Gasteiger partial charge in [0, 0.05) is 10.2 Å². The highest BCUT2D eigenvalue weighted by Crippen LogP contribution is 2.17. The Hall–Kier alpha value is -2.14. The molecular weight excluding hydrogens is 368 g/mol.